The summed E-state index contributed by atoms with van der Waals surface area (Å²) in [7, 11) is 3.96. The molecule has 1 atom stereocenters. The topological polar surface area (TPSA) is 136 Å². The molecule has 1 aromatic heterocycles. The number of aliphatic carboxylic acids is 1. The average Bonchev–Trinajstić information content (AvgIpc) is 2.77. The summed E-state index contributed by atoms with van der Waals surface area (Å²) < 4.78 is 5.24. The normalized spacial score (nSPS) is 17.4. The summed E-state index contributed by atoms with van der Waals surface area (Å²) in [4.78, 5) is 46.4. The maximum Gasteiger partial charge on any atom is 0.407 e. The minimum absolute atomic E-state index is 0.00125. The number of aromatic nitrogens is 2. The fraction of sp³-hybridized carbons (Fsp3) is 0.565. The van der Waals surface area contributed by atoms with Crippen molar-refractivity contribution in [3.8, 4) is 0 Å². The lowest BCUT2D eigenvalue weighted by molar-refractivity contribution is -0.132. The number of hydrogen-bond donors (Lipinski definition) is 2. The molecule has 0 aromatic carbocycles. The van der Waals surface area contributed by atoms with E-state index in [0.29, 0.717) is 38.1 Å². The zero-order valence-corrected chi connectivity index (χ0v) is 21.4. The highest BCUT2D eigenvalue weighted by Crippen LogP contribution is 2.17. The average molecular weight is 489 g/mol. The second-order valence-corrected chi connectivity index (χ2v) is 9.51. The molecule has 1 aliphatic rings. The van der Waals surface area contributed by atoms with Crippen LogP contribution in [0.1, 0.15) is 33.3 Å². The van der Waals surface area contributed by atoms with Crippen LogP contribution in [0.2, 0.25) is 0 Å². The van der Waals surface area contributed by atoms with E-state index in [1.54, 1.807) is 12.4 Å². The number of nitrogens with one attached hydrogen (secondary N) is 1. The molecule has 0 radical (unpaired) electrons. The standard InChI is InChI=1S/C23H36N8O4/c1-16(19(32)33)10-25-20(24-5)31-9-8-30(15-18(31)14-29(6)7)21-26-11-17(12-27-21)13-28-22(34)35-23(2,3)4/h10-12,18H,5,8-9,13-15H2,1-4,6-7H3,(H,28,34)(H,32,33)/b16-10+,25-20+/t18-/m0/s1. The third kappa shape index (κ3) is 8.96. The minimum Gasteiger partial charge on any atom is -0.478 e. The highest BCUT2D eigenvalue weighted by Gasteiger charge is 2.30. The van der Waals surface area contributed by atoms with Gasteiger partial charge in [-0.05, 0) is 48.5 Å². The highest BCUT2D eigenvalue weighted by atomic mass is 16.6. The van der Waals surface area contributed by atoms with E-state index in [-0.39, 0.29) is 18.2 Å². The Morgan fingerprint density at radius 1 is 1.31 bits per heavy atom. The van der Waals surface area contributed by atoms with Crippen LogP contribution in [0, 0.1) is 0 Å². The van der Waals surface area contributed by atoms with E-state index in [9.17, 15) is 9.59 Å². The summed E-state index contributed by atoms with van der Waals surface area (Å²) in [6.45, 7) is 13.3. The minimum atomic E-state index is -1.03. The molecule has 2 heterocycles. The lowest BCUT2D eigenvalue weighted by atomic mass is 10.1. The number of guanidine groups is 1. The lowest BCUT2D eigenvalue weighted by Gasteiger charge is -2.42. The Labute approximate surface area is 206 Å². The van der Waals surface area contributed by atoms with Crippen LogP contribution in [0.3, 0.4) is 0 Å². The summed E-state index contributed by atoms with van der Waals surface area (Å²) >= 11 is 0. The van der Waals surface area contributed by atoms with Crippen LogP contribution in [-0.4, -0.2) is 102 Å². The van der Waals surface area contributed by atoms with Gasteiger partial charge in [-0.2, -0.15) is 0 Å². The number of nitrogens with zero attached hydrogens (tertiary/aromatic N) is 7. The zero-order valence-electron chi connectivity index (χ0n) is 21.4. The van der Waals surface area contributed by atoms with Gasteiger partial charge < -0.3 is 29.9 Å². The van der Waals surface area contributed by atoms with E-state index in [0.717, 1.165) is 5.56 Å². The van der Waals surface area contributed by atoms with E-state index in [2.05, 4.69) is 41.8 Å². The molecule has 0 saturated carbocycles. The molecule has 192 valence electrons. The van der Waals surface area contributed by atoms with Crippen LogP contribution in [0.15, 0.2) is 34.2 Å². The van der Waals surface area contributed by atoms with Crippen molar-refractivity contribution < 1.29 is 19.4 Å². The van der Waals surface area contributed by atoms with E-state index in [4.69, 9.17) is 9.84 Å². The quantitative estimate of drug-likeness (QED) is 0.333. The van der Waals surface area contributed by atoms with E-state index < -0.39 is 17.7 Å². The third-order valence-electron chi connectivity index (χ3n) is 4.98. The number of aliphatic imine (C=N–C) groups is 2. The van der Waals surface area contributed by atoms with E-state index >= 15 is 0 Å². The fourth-order valence-corrected chi connectivity index (χ4v) is 3.38. The van der Waals surface area contributed by atoms with Gasteiger partial charge in [0, 0.05) is 56.9 Å². The van der Waals surface area contributed by atoms with Crippen molar-refractivity contribution in [2.45, 2.75) is 45.9 Å². The number of carboxylic acids is 1. The van der Waals surface area contributed by atoms with Crippen molar-refractivity contribution in [3.63, 3.8) is 0 Å². The van der Waals surface area contributed by atoms with Crippen LogP contribution < -0.4 is 10.2 Å². The molecule has 0 spiro atoms. The van der Waals surface area contributed by atoms with Gasteiger partial charge in [-0.25, -0.2) is 29.5 Å². The van der Waals surface area contributed by atoms with Gasteiger partial charge in [-0.3, -0.25) is 0 Å². The Hall–Kier alpha value is -3.54. The lowest BCUT2D eigenvalue weighted by Crippen LogP contribution is -2.58. The molecule has 1 aromatic rings. The number of amides is 1. The Morgan fingerprint density at radius 2 is 1.97 bits per heavy atom. The Morgan fingerprint density at radius 3 is 2.51 bits per heavy atom. The summed E-state index contributed by atoms with van der Waals surface area (Å²) in [6, 6.07) is -0.00125. The second-order valence-electron chi connectivity index (χ2n) is 9.51. The summed E-state index contributed by atoms with van der Waals surface area (Å²) in [5.74, 6) is -0.0728. The summed E-state index contributed by atoms with van der Waals surface area (Å²) in [6.07, 6.45) is 4.17. The first-order chi connectivity index (χ1) is 16.4. The predicted octanol–water partition coefficient (Wildman–Crippen LogP) is 1.60. The summed E-state index contributed by atoms with van der Waals surface area (Å²) in [5.41, 5.74) is 0.310. The maximum atomic E-state index is 11.9. The number of carbonyl (C=O) groups is 2. The number of carboxylic acid groups (broad SMARTS) is 1. The van der Waals surface area contributed by atoms with Gasteiger partial charge in [-0.1, -0.05) is 0 Å². The van der Waals surface area contributed by atoms with Gasteiger partial charge in [-0.15, -0.1) is 0 Å². The highest BCUT2D eigenvalue weighted by molar-refractivity contribution is 5.88. The molecular weight excluding hydrogens is 452 g/mol. The van der Waals surface area contributed by atoms with Crippen molar-refractivity contribution in [2.24, 2.45) is 9.98 Å². The second kappa shape index (κ2) is 12.2. The molecule has 2 rings (SSSR count). The van der Waals surface area contributed by atoms with Gasteiger partial charge in [0.2, 0.25) is 11.9 Å². The van der Waals surface area contributed by atoms with Crippen LogP contribution in [0.5, 0.6) is 0 Å². The molecule has 1 aliphatic heterocycles. The Kier molecular flexibility index (Phi) is 9.69. The molecule has 12 heteroatoms. The molecule has 1 saturated heterocycles. The first kappa shape index (κ1) is 27.7. The van der Waals surface area contributed by atoms with Gasteiger partial charge in [0.25, 0.3) is 0 Å². The van der Waals surface area contributed by atoms with Crippen molar-refractivity contribution in [3.05, 3.63) is 29.7 Å². The van der Waals surface area contributed by atoms with Crippen molar-refractivity contribution in [1.29, 1.82) is 0 Å². The van der Waals surface area contributed by atoms with Crippen LogP contribution in [0.25, 0.3) is 0 Å². The van der Waals surface area contributed by atoms with Crippen molar-refractivity contribution in [2.75, 3.05) is 45.2 Å². The van der Waals surface area contributed by atoms with Gasteiger partial charge in [0.15, 0.2) is 0 Å². The number of carbonyl (C=O) groups excluding carboxylic acids is 1. The maximum absolute atomic E-state index is 11.9. The number of rotatable bonds is 7. The Bertz CT molecular complexity index is 953. The van der Waals surface area contributed by atoms with Crippen molar-refractivity contribution >= 4 is 30.7 Å². The fourth-order valence-electron chi connectivity index (χ4n) is 3.38. The number of alkyl carbamates (subject to hydrolysis) is 1. The van der Waals surface area contributed by atoms with Crippen LogP contribution >= 0.6 is 0 Å². The molecule has 0 bridgehead atoms. The first-order valence-corrected chi connectivity index (χ1v) is 11.3. The number of piperazine rings is 1. The number of ether oxygens (including phenoxy) is 1. The molecule has 1 fully saturated rings. The molecule has 0 aliphatic carbocycles. The largest absolute Gasteiger partial charge is 0.478 e. The molecule has 0 unspecified atom stereocenters. The van der Waals surface area contributed by atoms with Crippen LogP contribution in [-0.2, 0) is 16.1 Å². The van der Waals surface area contributed by atoms with E-state index in [1.807, 2.05) is 39.8 Å². The molecular formula is C23H36N8O4. The Balaban J connectivity index is 2.09. The molecule has 1 amide bonds. The third-order valence-corrected chi connectivity index (χ3v) is 4.98. The number of hydrogen-bond acceptors (Lipinski definition) is 8. The smallest absolute Gasteiger partial charge is 0.407 e. The SMILES string of the molecule is C=N/C(=N\C=C(/C)C(=O)O)N1CCN(c2ncc(CNC(=O)OC(C)(C)C)cn2)C[C@@H]1CN(C)C. The molecule has 2 N–H and O–H groups in total. The number of anilines is 1. The molecule has 12 nitrogen and oxygen atoms in total. The van der Waals surface area contributed by atoms with Gasteiger partial charge in [0.05, 0.1) is 11.6 Å². The van der Waals surface area contributed by atoms with Gasteiger partial charge in [0.1, 0.15) is 5.60 Å². The van der Waals surface area contributed by atoms with Crippen molar-refractivity contribution in [1.82, 2.24) is 25.1 Å². The zero-order chi connectivity index (χ0) is 26.2. The summed E-state index contributed by atoms with van der Waals surface area (Å²) in [5, 5.41) is 11.8. The van der Waals surface area contributed by atoms with E-state index in [1.165, 1.54) is 13.1 Å². The monoisotopic (exact) mass is 488 g/mol. The number of likely N-dealkylation sites (N-methyl/N-ethyl adjacent to an activating group) is 1. The predicted molar refractivity (Wildman–Crippen MR) is 135 cm³/mol. The first-order valence-electron chi connectivity index (χ1n) is 11.3. The van der Waals surface area contributed by atoms with Gasteiger partial charge >= 0.3 is 12.1 Å². The molecule has 35 heavy (non-hydrogen) atoms. The van der Waals surface area contributed by atoms with Crippen LogP contribution in [0.4, 0.5) is 10.7 Å².